The van der Waals surface area contributed by atoms with Gasteiger partial charge in [0.05, 0.1) is 5.52 Å². The molecule has 0 amide bonds. The Hall–Kier alpha value is -1.91. The Kier molecular flexibility index (Phi) is 27.3. The standard InChI is InChI=1S/C13H9N.C2H4O2.ClH.HNO3.2H3N.H2O.Pt/c1-2-6-11-10(5-1)9-14-13-8-4-3-7-12(11)13;3-1-2-4;;2-1(3)4;;;;/h1-9H;1-2H2;1H;(H,2,3,4);2*1H3;1H2;/q;-2;;;;;;+4/p-2. The zero-order valence-corrected chi connectivity index (χ0v) is 17.2. The van der Waals surface area contributed by atoms with E-state index in [2.05, 4.69) is 35.3 Å². The van der Waals surface area contributed by atoms with Gasteiger partial charge in [0.2, 0.25) is 0 Å². The van der Waals surface area contributed by atoms with Gasteiger partial charge in [-0.15, -0.1) is 10.1 Å². The van der Waals surface area contributed by atoms with Gasteiger partial charge in [0.1, 0.15) is 0 Å². The number of hydrogen-bond donors (Lipinski definition) is 3. The number of aromatic nitrogens is 1. The van der Waals surface area contributed by atoms with Crippen LogP contribution in [0.1, 0.15) is 0 Å². The third kappa shape index (κ3) is 13.0. The van der Waals surface area contributed by atoms with E-state index < -0.39 is 18.3 Å². The average molecular weight is 584 g/mol. The molecule has 0 saturated carbocycles. The number of rotatable bonds is 1. The van der Waals surface area contributed by atoms with Crippen molar-refractivity contribution in [1.29, 1.82) is 0 Å². The number of halogens is 1. The van der Waals surface area contributed by atoms with Crippen LogP contribution < -0.4 is 34.9 Å². The Labute approximate surface area is 176 Å². The molecule has 2 aromatic carbocycles. The maximum atomic E-state index is 8.99. The van der Waals surface area contributed by atoms with Crippen molar-refractivity contribution < 1.29 is 59.5 Å². The van der Waals surface area contributed by atoms with Gasteiger partial charge in [0, 0.05) is 17.0 Å². The van der Waals surface area contributed by atoms with Gasteiger partial charge in [0.15, 0.2) is 0 Å². The van der Waals surface area contributed by atoms with E-state index in [4.69, 9.17) is 25.5 Å². The monoisotopic (exact) mass is 583 g/mol. The first-order valence-electron chi connectivity index (χ1n) is 6.32. The molecule has 1 heterocycles. The second-order valence-corrected chi connectivity index (χ2v) is 4.01. The summed E-state index contributed by atoms with van der Waals surface area (Å²) in [6.45, 7) is -0.972. The molecule has 0 saturated heterocycles. The summed E-state index contributed by atoms with van der Waals surface area (Å²) < 4.78 is 0. The van der Waals surface area contributed by atoms with E-state index in [9.17, 15) is 0 Å². The summed E-state index contributed by atoms with van der Waals surface area (Å²) >= 11 is 0. The van der Waals surface area contributed by atoms with E-state index >= 15 is 0 Å². The molecule has 0 aliphatic heterocycles. The number of pyridine rings is 1. The minimum absolute atomic E-state index is 0. The summed E-state index contributed by atoms with van der Waals surface area (Å²) in [6, 6.07) is 16.6. The van der Waals surface area contributed by atoms with Crippen LogP contribution in [0, 0.1) is 10.1 Å². The molecule has 27 heavy (non-hydrogen) atoms. The predicted octanol–water partition coefficient (Wildman–Crippen LogP) is -2.10. The largest absolute Gasteiger partial charge is 4.00 e. The van der Waals surface area contributed by atoms with Crippen LogP contribution in [0.4, 0.5) is 0 Å². The number of nitrogens with zero attached hydrogens (tertiary/aromatic N) is 2. The van der Waals surface area contributed by atoms with E-state index in [1.54, 1.807) is 0 Å². The summed E-state index contributed by atoms with van der Waals surface area (Å²) in [4.78, 5) is 12.8. The third-order valence-corrected chi connectivity index (χ3v) is 2.58. The van der Waals surface area contributed by atoms with Crippen molar-refractivity contribution in [1.82, 2.24) is 17.3 Å². The van der Waals surface area contributed by atoms with Crippen LogP contribution in [0.5, 0.6) is 0 Å². The number of hydrogen-bond acceptors (Lipinski definition) is 8. The van der Waals surface area contributed by atoms with Crippen molar-refractivity contribution in [2.24, 2.45) is 0 Å². The average Bonchev–Trinajstić information content (AvgIpc) is 2.54. The van der Waals surface area contributed by atoms with Gasteiger partial charge in [-0.1, -0.05) is 42.5 Å². The Balaban J connectivity index is -0.000000109. The maximum Gasteiger partial charge on any atom is 4.00 e. The van der Waals surface area contributed by atoms with Gasteiger partial charge in [-0.3, -0.25) is 4.98 Å². The van der Waals surface area contributed by atoms with Gasteiger partial charge >= 0.3 is 21.1 Å². The first-order chi connectivity index (χ1) is 10.6. The fourth-order valence-electron chi connectivity index (χ4n) is 1.81. The molecule has 8 N–H and O–H groups in total. The predicted molar refractivity (Wildman–Crippen MR) is 89.7 cm³/mol. The first kappa shape index (κ1) is 36.1. The topological polar surface area (TPSA) is 222 Å². The van der Waals surface area contributed by atoms with Crippen LogP contribution in [0.25, 0.3) is 21.7 Å². The summed E-state index contributed by atoms with van der Waals surface area (Å²) in [7, 11) is 0. The minimum atomic E-state index is -1.50. The molecule has 154 valence electrons. The molecule has 0 fully saturated rings. The fourth-order valence-corrected chi connectivity index (χ4v) is 1.81. The minimum Gasteiger partial charge on any atom is -1.00 e. The third-order valence-electron chi connectivity index (χ3n) is 2.58. The van der Waals surface area contributed by atoms with Gasteiger partial charge < -0.3 is 45.6 Å². The number of benzene rings is 2. The second kappa shape index (κ2) is 20.4. The van der Waals surface area contributed by atoms with Crippen LogP contribution in [0.3, 0.4) is 0 Å². The zero-order valence-electron chi connectivity index (χ0n) is 14.1. The zero-order chi connectivity index (χ0) is 16.4. The molecule has 3 rings (SSSR count). The van der Waals surface area contributed by atoms with Crippen LogP contribution in [0.15, 0.2) is 54.7 Å². The molecule has 0 unspecified atom stereocenters. The van der Waals surface area contributed by atoms with Crippen molar-refractivity contribution in [2.75, 3.05) is 13.2 Å². The van der Waals surface area contributed by atoms with Crippen molar-refractivity contribution >= 4 is 21.7 Å². The summed E-state index contributed by atoms with van der Waals surface area (Å²) in [5, 5.41) is 35.3. The summed E-state index contributed by atoms with van der Waals surface area (Å²) in [5.41, 5.74) is 1.06. The molecule has 0 radical (unpaired) electrons. The van der Waals surface area contributed by atoms with E-state index in [-0.39, 0.29) is 51.2 Å². The smallest absolute Gasteiger partial charge is 1.00 e. The molecular formula is C15H21ClN4O6Pt. The van der Waals surface area contributed by atoms with Crippen LogP contribution in [-0.2, 0) is 21.1 Å². The fraction of sp³-hybridized carbons (Fsp3) is 0.133. The van der Waals surface area contributed by atoms with Crippen molar-refractivity contribution in [3.8, 4) is 0 Å². The molecule has 0 aliphatic carbocycles. The molecule has 0 atom stereocenters. The van der Waals surface area contributed by atoms with E-state index in [1.807, 2.05) is 24.4 Å². The van der Waals surface area contributed by atoms with Gasteiger partial charge in [-0.2, -0.15) is 13.2 Å². The molecule has 1 aromatic heterocycles. The van der Waals surface area contributed by atoms with Crippen LogP contribution in [0.2, 0.25) is 0 Å². The molecule has 12 heteroatoms. The molecule has 0 bridgehead atoms. The molecule has 10 nitrogen and oxygen atoms in total. The number of para-hydroxylation sites is 1. The maximum absolute atomic E-state index is 8.99. The quantitative estimate of drug-likeness (QED) is 0.162. The Morgan fingerprint density at radius 3 is 1.81 bits per heavy atom. The summed E-state index contributed by atoms with van der Waals surface area (Å²) in [6.07, 6.45) is 1.93. The van der Waals surface area contributed by atoms with Crippen LogP contribution in [-0.4, -0.2) is 34.0 Å². The van der Waals surface area contributed by atoms with E-state index in [1.165, 1.54) is 16.2 Å². The van der Waals surface area contributed by atoms with Crippen molar-refractivity contribution in [3.05, 3.63) is 64.8 Å². The molecule has 0 aliphatic rings. The Morgan fingerprint density at radius 1 is 0.926 bits per heavy atom. The van der Waals surface area contributed by atoms with Crippen molar-refractivity contribution in [3.63, 3.8) is 0 Å². The molecule has 3 aromatic rings. The van der Waals surface area contributed by atoms with Crippen molar-refractivity contribution in [2.45, 2.75) is 0 Å². The van der Waals surface area contributed by atoms with Gasteiger partial charge in [0.25, 0.3) is 5.09 Å². The second-order valence-electron chi connectivity index (χ2n) is 4.01. The Morgan fingerprint density at radius 2 is 1.33 bits per heavy atom. The summed E-state index contributed by atoms with van der Waals surface area (Å²) in [5.74, 6) is 0. The Bertz CT molecular complexity index is 693. The van der Waals surface area contributed by atoms with Gasteiger partial charge in [-0.25, -0.2) is 0 Å². The van der Waals surface area contributed by atoms with E-state index in [0.717, 1.165) is 5.52 Å². The molecule has 0 spiro atoms. The normalized spacial score (nSPS) is 7.63. The van der Waals surface area contributed by atoms with E-state index in [0.29, 0.717) is 0 Å². The van der Waals surface area contributed by atoms with Gasteiger partial charge in [-0.05, 0) is 11.5 Å². The first-order valence-corrected chi connectivity index (χ1v) is 6.32. The number of fused-ring (bicyclic) bond motifs is 3. The van der Waals surface area contributed by atoms with Crippen LogP contribution >= 0.6 is 0 Å². The SMILES string of the molecule is N.N.O=[N+]([O-])O.[Cl-].[O-]CC[O-].[OH-].[Pt+4].c1ccc2c(c1)cnc1ccccc12. The molecular weight excluding hydrogens is 563 g/mol.